The maximum Gasteiger partial charge on any atom is 0.303 e. The molecule has 2 aliphatic rings. The van der Waals surface area contributed by atoms with Gasteiger partial charge in [0.2, 0.25) is 11.8 Å². The predicted octanol–water partition coefficient (Wildman–Crippen LogP) is 8.91. The molecule has 8 nitrogen and oxygen atoms in total. The molecule has 1 unspecified atom stereocenters. The second-order valence-electron chi connectivity index (χ2n) is 15.7. The lowest BCUT2D eigenvalue weighted by Crippen LogP contribution is -2.53. The summed E-state index contributed by atoms with van der Waals surface area (Å²) in [7, 11) is 0. The standard InChI is InChI=1S/C46H62N4O4/c1-9-28-48-42(53)46(43(54)49-29-18-12-13-23-41(51)52)31-34(24-26-39(47-10-2)44(5,6)36-20-15-14-19-33(36)4)30-35(32-46)25-27-40-45(7,8)37-21-16-17-22-38(37)50(40)11-3/h14-17,19-22,24-27,30H,9-13,18,23,28-29,31-32H2,1-8H3,(H,48,53)(H,49,54)(H,51,52)/b26-24+,35-25-,40-27+,47-39?. The van der Waals surface area contributed by atoms with Gasteiger partial charge in [0.05, 0.1) is 0 Å². The summed E-state index contributed by atoms with van der Waals surface area (Å²) in [6.45, 7) is 19.5. The number of carbonyl (C=O) groups is 3. The lowest BCUT2D eigenvalue weighted by Gasteiger charge is -2.35. The number of unbranched alkanes of at least 4 members (excludes halogenated alkanes) is 2. The summed E-state index contributed by atoms with van der Waals surface area (Å²) in [4.78, 5) is 47.0. The van der Waals surface area contributed by atoms with E-state index in [1.54, 1.807) is 0 Å². The van der Waals surface area contributed by atoms with Crippen molar-refractivity contribution in [3.8, 4) is 0 Å². The largest absolute Gasteiger partial charge is 0.481 e. The Morgan fingerprint density at radius 1 is 0.907 bits per heavy atom. The van der Waals surface area contributed by atoms with Crippen molar-refractivity contribution in [1.29, 1.82) is 0 Å². The minimum Gasteiger partial charge on any atom is -0.481 e. The van der Waals surface area contributed by atoms with E-state index in [4.69, 9.17) is 10.1 Å². The van der Waals surface area contributed by atoms with Crippen LogP contribution in [0.25, 0.3) is 0 Å². The third kappa shape index (κ3) is 9.49. The maximum atomic E-state index is 14.4. The van der Waals surface area contributed by atoms with Crippen LogP contribution >= 0.6 is 0 Å². The minimum absolute atomic E-state index is 0.1000. The van der Waals surface area contributed by atoms with Gasteiger partial charge in [-0.1, -0.05) is 102 Å². The summed E-state index contributed by atoms with van der Waals surface area (Å²) >= 11 is 0. The summed E-state index contributed by atoms with van der Waals surface area (Å²) in [6.07, 6.45) is 13.7. The zero-order valence-electron chi connectivity index (χ0n) is 33.9. The number of hydrogen-bond acceptors (Lipinski definition) is 5. The quantitative estimate of drug-likeness (QED) is 0.0854. The predicted molar refractivity (Wildman–Crippen MR) is 222 cm³/mol. The number of para-hydroxylation sites is 1. The molecule has 3 N–H and O–H groups in total. The van der Waals surface area contributed by atoms with E-state index in [9.17, 15) is 14.4 Å². The fourth-order valence-corrected chi connectivity index (χ4v) is 7.99. The van der Waals surface area contributed by atoms with Crippen LogP contribution in [0, 0.1) is 12.3 Å². The first-order valence-corrected chi connectivity index (χ1v) is 19.8. The molecular formula is C46H62N4O4. The molecule has 4 rings (SSSR count). The van der Waals surface area contributed by atoms with E-state index in [0.717, 1.165) is 29.8 Å². The number of aliphatic imine (C=N–C) groups is 1. The first-order chi connectivity index (χ1) is 25.7. The minimum atomic E-state index is -1.37. The molecule has 1 atom stereocenters. The highest BCUT2D eigenvalue weighted by molar-refractivity contribution is 6.06. The van der Waals surface area contributed by atoms with Crippen LogP contribution in [0.5, 0.6) is 0 Å². The molecule has 0 aromatic heterocycles. The Morgan fingerprint density at radius 3 is 2.26 bits per heavy atom. The van der Waals surface area contributed by atoms with Crippen LogP contribution in [-0.4, -0.2) is 54.8 Å². The Balaban J connectivity index is 1.80. The zero-order valence-corrected chi connectivity index (χ0v) is 33.9. The molecule has 0 saturated heterocycles. The number of likely N-dealkylation sites (N-methyl/N-ethyl adjacent to an activating group) is 1. The van der Waals surface area contributed by atoms with Crippen molar-refractivity contribution in [3.05, 3.63) is 112 Å². The van der Waals surface area contributed by atoms with Crippen molar-refractivity contribution in [3.63, 3.8) is 0 Å². The highest BCUT2D eigenvalue weighted by Crippen LogP contribution is 2.48. The average Bonchev–Trinajstić information content (AvgIpc) is 3.37. The number of nitrogens with zero attached hydrogens (tertiary/aromatic N) is 2. The number of rotatable bonds is 17. The molecule has 1 aliphatic heterocycles. The summed E-state index contributed by atoms with van der Waals surface area (Å²) < 4.78 is 0. The molecule has 290 valence electrons. The lowest BCUT2D eigenvalue weighted by atomic mass is 9.70. The Morgan fingerprint density at radius 2 is 1.59 bits per heavy atom. The topological polar surface area (TPSA) is 111 Å². The number of fused-ring (bicyclic) bond motifs is 1. The Labute approximate surface area is 323 Å². The SMILES string of the molecule is CCCNC(=O)C1(C(=O)NCCCCCC(=O)O)CC(/C=C/C(=NCC)C(C)(C)c2ccccc2C)=CC(=C/C=C2/N(CC)c3ccccc3C2(C)C)/C1. The molecule has 2 aromatic rings. The van der Waals surface area contributed by atoms with Crippen LogP contribution in [0.4, 0.5) is 5.69 Å². The summed E-state index contributed by atoms with van der Waals surface area (Å²) in [5, 5.41) is 15.2. The Hall–Kier alpha value is -4.72. The number of benzene rings is 2. The zero-order chi connectivity index (χ0) is 39.5. The molecule has 0 bridgehead atoms. The third-order valence-electron chi connectivity index (χ3n) is 11.0. The van der Waals surface area contributed by atoms with Crippen LogP contribution in [0.3, 0.4) is 0 Å². The van der Waals surface area contributed by atoms with E-state index < -0.39 is 11.4 Å². The Bertz CT molecular complexity index is 1830. The number of carboxylic acids is 1. The monoisotopic (exact) mass is 734 g/mol. The third-order valence-corrected chi connectivity index (χ3v) is 11.0. The van der Waals surface area contributed by atoms with Gasteiger partial charge in [0.1, 0.15) is 5.41 Å². The maximum absolute atomic E-state index is 14.4. The number of nitrogens with one attached hydrogen (secondary N) is 2. The first kappa shape index (κ1) is 42.0. The van der Waals surface area contributed by atoms with E-state index in [0.29, 0.717) is 38.9 Å². The molecule has 0 saturated carbocycles. The van der Waals surface area contributed by atoms with Crippen molar-refractivity contribution in [2.24, 2.45) is 10.4 Å². The van der Waals surface area contributed by atoms with E-state index in [-0.39, 0.29) is 41.9 Å². The van der Waals surface area contributed by atoms with E-state index in [1.807, 2.05) is 26.0 Å². The number of carbonyl (C=O) groups excluding carboxylic acids is 2. The number of amides is 2. The smallest absolute Gasteiger partial charge is 0.303 e. The first-order valence-electron chi connectivity index (χ1n) is 19.8. The molecule has 0 spiro atoms. The van der Waals surface area contributed by atoms with Crippen molar-refractivity contribution < 1.29 is 19.5 Å². The van der Waals surface area contributed by atoms with Crippen molar-refractivity contribution in [1.82, 2.24) is 10.6 Å². The summed E-state index contributed by atoms with van der Waals surface area (Å²) in [5.74, 6) is -1.41. The molecule has 8 heteroatoms. The molecule has 54 heavy (non-hydrogen) atoms. The van der Waals surface area contributed by atoms with Gasteiger partial charge >= 0.3 is 5.97 Å². The summed E-state index contributed by atoms with van der Waals surface area (Å²) in [5.41, 5.74) is 6.74. The summed E-state index contributed by atoms with van der Waals surface area (Å²) in [6, 6.07) is 16.9. The van der Waals surface area contributed by atoms with Gasteiger partial charge in [-0.2, -0.15) is 0 Å². The number of hydrogen-bond donors (Lipinski definition) is 3. The highest BCUT2D eigenvalue weighted by atomic mass is 16.4. The molecule has 0 radical (unpaired) electrons. The van der Waals surface area contributed by atoms with E-state index in [1.165, 1.54) is 28.1 Å². The molecule has 2 amide bonds. The highest BCUT2D eigenvalue weighted by Gasteiger charge is 2.48. The van der Waals surface area contributed by atoms with Gasteiger partial charge < -0.3 is 20.6 Å². The Kier molecular flexibility index (Phi) is 14.4. The number of aliphatic carboxylic acids is 1. The van der Waals surface area contributed by atoms with Crippen molar-refractivity contribution in [2.45, 2.75) is 111 Å². The lowest BCUT2D eigenvalue weighted by molar-refractivity contribution is -0.144. The number of allylic oxidation sites excluding steroid dienone is 8. The van der Waals surface area contributed by atoms with Gasteiger partial charge in [-0.25, -0.2) is 0 Å². The van der Waals surface area contributed by atoms with Crippen LogP contribution in [0.1, 0.15) is 110 Å². The van der Waals surface area contributed by atoms with Crippen molar-refractivity contribution in [2.75, 3.05) is 31.1 Å². The van der Waals surface area contributed by atoms with Gasteiger partial charge in [-0.3, -0.25) is 19.4 Å². The molecule has 1 aliphatic carbocycles. The fraction of sp³-hybridized carbons (Fsp3) is 0.478. The van der Waals surface area contributed by atoms with Gasteiger partial charge in [-0.15, -0.1) is 0 Å². The van der Waals surface area contributed by atoms with Gasteiger partial charge in [0, 0.05) is 60.5 Å². The van der Waals surface area contributed by atoms with Gasteiger partial charge in [-0.05, 0) is 98.9 Å². The van der Waals surface area contributed by atoms with Gasteiger partial charge in [0.25, 0.3) is 0 Å². The normalized spacial score (nSPS) is 20.0. The molecular weight excluding hydrogens is 673 g/mol. The molecule has 1 heterocycles. The molecule has 2 aromatic carbocycles. The molecule has 0 fully saturated rings. The van der Waals surface area contributed by atoms with Crippen LogP contribution in [-0.2, 0) is 25.2 Å². The number of carboxylic acid groups (broad SMARTS) is 1. The van der Waals surface area contributed by atoms with Crippen LogP contribution < -0.4 is 15.5 Å². The van der Waals surface area contributed by atoms with Crippen molar-refractivity contribution >= 4 is 29.2 Å². The van der Waals surface area contributed by atoms with Crippen LogP contribution in [0.15, 0.2) is 101 Å². The van der Waals surface area contributed by atoms with E-state index in [2.05, 4.69) is 124 Å². The number of anilines is 1. The number of aryl methyl sites for hydroxylation is 1. The second kappa shape index (κ2) is 18.5. The van der Waals surface area contributed by atoms with Crippen LogP contribution in [0.2, 0.25) is 0 Å². The second-order valence-corrected chi connectivity index (χ2v) is 15.7. The fourth-order valence-electron chi connectivity index (χ4n) is 7.99. The average molecular weight is 735 g/mol. The van der Waals surface area contributed by atoms with Gasteiger partial charge in [0.15, 0.2) is 0 Å². The van der Waals surface area contributed by atoms with E-state index >= 15 is 0 Å².